The molecule has 3 heterocycles. The van der Waals surface area contributed by atoms with Gasteiger partial charge in [-0.2, -0.15) is 4.98 Å². The summed E-state index contributed by atoms with van der Waals surface area (Å²) >= 11 is 0. The largest absolute Gasteiger partial charge is 0.339 e. The SMILES string of the molecule is O=C(c1ccc(F)cc1)N1CCC(Cc2nc(-c3cnccn3)no2)CC1. The molecule has 2 aromatic heterocycles. The summed E-state index contributed by atoms with van der Waals surface area (Å²) in [7, 11) is 0. The fourth-order valence-corrected chi connectivity index (χ4v) is 3.22. The lowest BCUT2D eigenvalue weighted by Crippen LogP contribution is -2.38. The van der Waals surface area contributed by atoms with E-state index < -0.39 is 0 Å². The van der Waals surface area contributed by atoms with Crippen molar-refractivity contribution in [3.05, 3.63) is 60.1 Å². The number of hydrogen-bond donors (Lipinski definition) is 0. The van der Waals surface area contributed by atoms with Gasteiger partial charge in [-0.3, -0.25) is 9.78 Å². The third kappa shape index (κ3) is 3.99. The van der Waals surface area contributed by atoms with E-state index in [4.69, 9.17) is 4.52 Å². The van der Waals surface area contributed by atoms with Crippen LogP contribution in [-0.4, -0.2) is 44.0 Å². The predicted octanol–water partition coefficient (Wildman–Crippen LogP) is 2.76. The van der Waals surface area contributed by atoms with Gasteiger partial charge in [-0.15, -0.1) is 0 Å². The lowest BCUT2D eigenvalue weighted by atomic mass is 9.93. The number of piperidine rings is 1. The number of rotatable bonds is 4. The molecule has 4 rings (SSSR count). The molecule has 1 saturated heterocycles. The van der Waals surface area contributed by atoms with Gasteiger partial charge in [0.2, 0.25) is 11.7 Å². The number of likely N-dealkylation sites (tertiary alicyclic amines) is 1. The van der Waals surface area contributed by atoms with Crippen molar-refractivity contribution in [3.8, 4) is 11.5 Å². The summed E-state index contributed by atoms with van der Waals surface area (Å²) in [4.78, 5) is 26.8. The van der Waals surface area contributed by atoms with Crippen molar-refractivity contribution in [2.75, 3.05) is 13.1 Å². The Morgan fingerprint density at radius 1 is 1.19 bits per heavy atom. The van der Waals surface area contributed by atoms with E-state index in [1.807, 2.05) is 4.90 Å². The van der Waals surface area contributed by atoms with Crippen LogP contribution in [-0.2, 0) is 6.42 Å². The van der Waals surface area contributed by atoms with Crippen molar-refractivity contribution in [3.63, 3.8) is 0 Å². The highest BCUT2D eigenvalue weighted by molar-refractivity contribution is 5.94. The van der Waals surface area contributed by atoms with Gasteiger partial charge >= 0.3 is 0 Å². The van der Waals surface area contributed by atoms with E-state index in [0.29, 0.717) is 48.4 Å². The number of amides is 1. The molecule has 3 aromatic rings. The Morgan fingerprint density at radius 3 is 2.67 bits per heavy atom. The Labute approximate surface area is 155 Å². The Morgan fingerprint density at radius 2 is 1.96 bits per heavy atom. The van der Waals surface area contributed by atoms with Crippen molar-refractivity contribution in [2.45, 2.75) is 19.3 Å². The highest BCUT2D eigenvalue weighted by atomic mass is 19.1. The second kappa shape index (κ2) is 7.61. The van der Waals surface area contributed by atoms with E-state index in [9.17, 15) is 9.18 Å². The second-order valence-corrected chi connectivity index (χ2v) is 6.55. The topological polar surface area (TPSA) is 85.0 Å². The van der Waals surface area contributed by atoms with Crippen LogP contribution in [0.4, 0.5) is 4.39 Å². The average molecular weight is 367 g/mol. The zero-order valence-corrected chi connectivity index (χ0v) is 14.6. The Bertz CT molecular complexity index is 905. The summed E-state index contributed by atoms with van der Waals surface area (Å²) in [5.41, 5.74) is 1.09. The van der Waals surface area contributed by atoms with Gasteiger partial charge in [0.25, 0.3) is 5.91 Å². The van der Waals surface area contributed by atoms with E-state index in [-0.39, 0.29) is 11.7 Å². The van der Waals surface area contributed by atoms with Crippen LogP contribution in [0.2, 0.25) is 0 Å². The fourth-order valence-electron chi connectivity index (χ4n) is 3.22. The maximum atomic E-state index is 13.0. The molecule has 0 aliphatic carbocycles. The van der Waals surface area contributed by atoms with E-state index in [1.54, 1.807) is 18.6 Å². The Hall–Kier alpha value is -3.16. The smallest absolute Gasteiger partial charge is 0.253 e. The van der Waals surface area contributed by atoms with Gasteiger partial charge in [0, 0.05) is 37.5 Å². The standard InChI is InChI=1S/C19H18FN5O2/c20-15-3-1-14(2-4-15)19(26)25-9-5-13(6-10-25)11-17-23-18(24-27-17)16-12-21-7-8-22-16/h1-4,7-8,12-13H,5-6,9-11H2. The van der Waals surface area contributed by atoms with E-state index >= 15 is 0 Å². The zero-order valence-electron chi connectivity index (χ0n) is 14.6. The van der Waals surface area contributed by atoms with Crippen LogP contribution >= 0.6 is 0 Å². The third-order valence-corrected chi connectivity index (χ3v) is 4.72. The van der Waals surface area contributed by atoms with Gasteiger partial charge in [0.15, 0.2) is 0 Å². The number of carbonyl (C=O) groups excluding carboxylic acids is 1. The molecular weight excluding hydrogens is 349 g/mol. The highest BCUT2D eigenvalue weighted by Crippen LogP contribution is 2.23. The van der Waals surface area contributed by atoms with E-state index in [0.717, 1.165) is 12.8 Å². The number of carbonyl (C=O) groups is 1. The number of halogens is 1. The number of benzene rings is 1. The van der Waals surface area contributed by atoms with Crippen LogP contribution in [0, 0.1) is 11.7 Å². The molecule has 27 heavy (non-hydrogen) atoms. The lowest BCUT2D eigenvalue weighted by Gasteiger charge is -2.31. The number of hydrogen-bond acceptors (Lipinski definition) is 6. The molecule has 0 bridgehead atoms. The first kappa shape index (κ1) is 17.3. The summed E-state index contributed by atoms with van der Waals surface area (Å²) in [6, 6.07) is 5.67. The molecule has 0 atom stereocenters. The minimum absolute atomic E-state index is 0.0591. The summed E-state index contributed by atoms with van der Waals surface area (Å²) in [6.45, 7) is 1.32. The van der Waals surface area contributed by atoms with Gasteiger partial charge in [-0.25, -0.2) is 9.37 Å². The number of aromatic nitrogens is 4. The third-order valence-electron chi connectivity index (χ3n) is 4.72. The maximum absolute atomic E-state index is 13.0. The van der Waals surface area contributed by atoms with Crippen molar-refractivity contribution >= 4 is 5.91 Å². The van der Waals surface area contributed by atoms with Gasteiger partial charge in [0.05, 0.1) is 6.20 Å². The molecule has 1 fully saturated rings. The van der Waals surface area contributed by atoms with Crippen molar-refractivity contribution in [2.24, 2.45) is 5.92 Å². The fraction of sp³-hybridized carbons (Fsp3) is 0.316. The highest BCUT2D eigenvalue weighted by Gasteiger charge is 2.25. The predicted molar refractivity (Wildman–Crippen MR) is 94.1 cm³/mol. The van der Waals surface area contributed by atoms with Crippen LogP contribution < -0.4 is 0 Å². The monoisotopic (exact) mass is 367 g/mol. The maximum Gasteiger partial charge on any atom is 0.253 e. The van der Waals surface area contributed by atoms with Gasteiger partial charge < -0.3 is 9.42 Å². The van der Waals surface area contributed by atoms with Crippen LogP contribution in [0.25, 0.3) is 11.5 Å². The first-order valence-corrected chi connectivity index (χ1v) is 8.83. The molecular formula is C19H18FN5O2. The molecule has 0 unspecified atom stereocenters. The van der Waals surface area contributed by atoms with Gasteiger partial charge in [-0.1, -0.05) is 5.16 Å². The minimum Gasteiger partial charge on any atom is -0.339 e. The first-order chi connectivity index (χ1) is 13.2. The van der Waals surface area contributed by atoms with Crippen molar-refractivity contribution in [1.29, 1.82) is 0 Å². The second-order valence-electron chi connectivity index (χ2n) is 6.55. The molecule has 0 N–H and O–H groups in total. The Kier molecular flexibility index (Phi) is 4.86. The molecule has 7 nitrogen and oxygen atoms in total. The summed E-state index contributed by atoms with van der Waals surface area (Å²) in [5, 5.41) is 3.96. The minimum atomic E-state index is -0.342. The summed E-state index contributed by atoms with van der Waals surface area (Å²) < 4.78 is 18.3. The molecule has 1 aliphatic rings. The van der Waals surface area contributed by atoms with Crippen molar-refractivity contribution < 1.29 is 13.7 Å². The number of nitrogens with zero attached hydrogens (tertiary/aromatic N) is 5. The summed E-state index contributed by atoms with van der Waals surface area (Å²) in [6.07, 6.45) is 7.15. The van der Waals surface area contributed by atoms with Crippen LogP contribution in [0.15, 0.2) is 47.4 Å². The molecule has 138 valence electrons. The Balaban J connectivity index is 1.33. The molecule has 0 radical (unpaired) electrons. The van der Waals surface area contributed by atoms with Crippen LogP contribution in [0.1, 0.15) is 29.1 Å². The molecule has 1 aliphatic heterocycles. The molecule has 0 saturated carbocycles. The molecule has 0 spiro atoms. The normalized spacial score (nSPS) is 15.1. The quantitative estimate of drug-likeness (QED) is 0.705. The first-order valence-electron chi connectivity index (χ1n) is 8.83. The van der Waals surface area contributed by atoms with Gasteiger partial charge in [0.1, 0.15) is 11.5 Å². The molecule has 8 heteroatoms. The van der Waals surface area contributed by atoms with E-state index in [2.05, 4.69) is 20.1 Å². The summed E-state index contributed by atoms with van der Waals surface area (Å²) in [5.74, 6) is 0.972. The average Bonchev–Trinajstić information content (AvgIpc) is 3.18. The van der Waals surface area contributed by atoms with Crippen LogP contribution in [0.5, 0.6) is 0 Å². The van der Waals surface area contributed by atoms with Crippen LogP contribution in [0.3, 0.4) is 0 Å². The molecule has 1 amide bonds. The van der Waals surface area contributed by atoms with Gasteiger partial charge in [-0.05, 0) is 43.0 Å². The molecule has 1 aromatic carbocycles. The lowest BCUT2D eigenvalue weighted by molar-refractivity contribution is 0.0687. The zero-order chi connectivity index (χ0) is 18.6. The van der Waals surface area contributed by atoms with Crippen molar-refractivity contribution in [1.82, 2.24) is 25.0 Å². The van der Waals surface area contributed by atoms with E-state index in [1.165, 1.54) is 24.3 Å².